The van der Waals surface area contributed by atoms with Crippen LogP contribution in [0.1, 0.15) is 47.5 Å². The minimum Gasteiger partial charge on any atom is -0.375 e. The van der Waals surface area contributed by atoms with Gasteiger partial charge in [0.2, 0.25) is 0 Å². The van der Waals surface area contributed by atoms with E-state index in [0.29, 0.717) is 10.8 Å². The molecule has 1 heterocycles. The number of hydrogen-bond acceptors (Lipinski definition) is 1. The smallest absolute Gasteiger partial charge is 0.0226 e. The van der Waals surface area contributed by atoms with E-state index in [1.165, 1.54) is 25.2 Å². The van der Waals surface area contributed by atoms with Gasteiger partial charge in [-0.05, 0) is 23.7 Å². The molecule has 0 aliphatic carbocycles. The van der Waals surface area contributed by atoms with E-state index in [2.05, 4.69) is 46.1 Å². The summed E-state index contributed by atoms with van der Waals surface area (Å²) in [5.74, 6) is 0. The molecule has 0 atom stereocenters. The van der Waals surface area contributed by atoms with Gasteiger partial charge in [-0.2, -0.15) is 0 Å². The highest BCUT2D eigenvalue weighted by Gasteiger charge is 2.30. The van der Waals surface area contributed by atoms with Crippen molar-refractivity contribution in [1.29, 1.82) is 0 Å². The summed E-state index contributed by atoms with van der Waals surface area (Å²) in [5, 5.41) is 0. The molecule has 1 heteroatoms. The van der Waals surface area contributed by atoms with Crippen LogP contribution in [0.5, 0.6) is 0 Å². The Morgan fingerprint density at radius 1 is 1.36 bits per heavy atom. The molecular formula is C13H25N. The topological polar surface area (TPSA) is 3.24 Å². The van der Waals surface area contributed by atoms with Crippen LogP contribution >= 0.6 is 0 Å². The minimum atomic E-state index is 0.365. The normalized spacial score (nSPS) is 21.4. The van der Waals surface area contributed by atoms with Crippen molar-refractivity contribution >= 4 is 0 Å². The predicted molar refractivity (Wildman–Crippen MR) is 63.2 cm³/mol. The van der Waals surface area contributed by atoms with Crippen molar-refractivity contribution in [2.24, 2.45) is 10.8 Å². The van der Waals surface area contributed by atoms with Gasteiger partial charge in [0.25, 0.3) is 0 Å². The Balaban J connectivity index is 2.48. The lowest BCUT2D eigenvalue weighted by Gasteiger charge is -2.28. The highest BCUT2D eigenvalue weighted by atomic mass is 15.2. The molecule has 1 aliphatic rings. The van der Waals surface area contributed by atoms with E-state index < -0.39 is 0 Å². The first-order valence-corrected chi connectivity index (χ1v) is 5.62. The van der Waals surface area contributed by atoms with Gasteiger partial charge < -0.3 is 4.90 Å². The molecule has 1 fully saturated rings. The van der Waals surface area contributed by atoms with Crippen LogP contribution in [0.25, 0.3) is 0 Å². The van der Waals surface area contributed by atoms with Gasteiger partial charge in [0.15, 0.2) is 0 Å². The average Bonchev–Trinajstić information content (AvgIpc) is 2.26. The summed E-state index contributed by atoms with van der Waals surface area (Å²) in [6.45, 7) is 18.1. The standard InChI is InChI=1S/C13H25N/c1-11(9-12(2,3)4)14-8-7-13(5,6)10-14/h1,7-10H2,2-6H3. The van der Waals surface area contributed by atoms with Gasteiger partial charge in [-0.15, -0.1) is 0 Å². The minimum absolute atomic E-state index is 0.365. The summed E-state index contributed by atoms with van der Waals surface area (Å²) in [6, 6.07) is 0. The Kier molecular flexibility index (Phi) is 2.99. The summed E-state index contributed by atoms with van der Waals surface area (Å²) in [7, 11) is 0. The summed E-state index contributed by atoms with van der Waals surface area (Å²) in [5.41, 5.74) is 2.17. The van der Waals surface area contributed by atoms with Crippen molar-refractivity contribution in [3.05, 3.63) is 12.3 Å². The molecule has 0 amide bonds. The Morgan fingerprint density at radius 2 is 1.93 bits per heavy atom. The van der Waals surface area contributed by atoms with Crippen LogP contribution in [0.2, 0.25) is 0 Å². The summed E-state index contributed by atoms with van der Waals surface area (Å²) in [6.07, 6.45) is 2.42. The largest absolute Gasteiger partial charge is 0.375 e. The molecule has 0 spiro atoms. The lowest BCUT2D eigenvalue weighted by atomic mass is 9.90. The maximum atomic E-state index is 4.21. The molecule has 1 aliphatic heterocycles. The third kappa shape index (κ3) is 3.36. The number of nitrogens with zero attached hydrogens (tertiary/aromatic N) is 1. The molecule has 0 N–H and O–H groups in total. The van der Waals surface area contributed by atoms with Crippen LogP contribution in [0.15, 0.2) is 12.3 Å². The Bertz CT molecular complexity index is 220. The average molecular weight is 195 g/mol. The number of hydrogen-bond donors (Lipinski definition) is 0. The van der Waals surface area contributed by atoms with Crippen LogP contribution in [-0.2, 0) is 0 Å². The molecule has 14 heavy (non-hydrogen) atoms. The molecule has 0 unspecified atom stereocenters. The maximum Gasteiger partial charge on any atom is 0.0226 e. The van der Waals surface area contributed by atoms with Gasteiger partial charge in [0.05, 0.1) is 0 Å². The van der Waals surface area contributed by atoms with E-state index in [1.54, 1.807) is 0 Å². The first-order valence-electron chi connectivity index (χ1n) is 5.62. The van der Waals surface area contributed by atoms with Gasteiger partial charge >= 0.3 is 0 Å². The zero-order chi connectivity index (χ0) is 11.0. The fraction of sp³-hybridized carbons (Fsp3) is 0.846. The fourth-order valence-corrected chi connectivity index (χ4v) is 2.11. The number of allylic oxidation sites excluding steroid dienone is 1. The van der Waals surface area contributed by atoms with E-state index >= 15 is 0 Å². The van der Waals surface area contributed by atoms with Gasteiger partial charge in [-0.25, -0.2) is 0 Å². The monoisotopic (exact) mass is 195 g/mol. The van der Waals surface area contributed by atoms with Crippen molar-refractivity contribution < 1.29 is 0 Å². The van der Waals surface area contributed by atoms with Crippen LogP contribution in [0.3, 0.4) is 0 Å². The van der Waals surface area contributed by atoms with Crippen molar-refractivity contribution in [3.63, 3.8) is 0 Å². The van der Waals surface area contributed by atoms with Crippen LogP contribution in [0, 0.1) is 10.8 Å². The summed E-state index contributed by atoms with van der Waals surface area (Å²) >= 11 is 0. The number of rotatable bonds is 2. The highest BCUT2D eigenvalue weighted by molar-refractivity contribution is 5.01. The molecule has 0 saturated carbocycles. The van der Waals surface area contributed by atoms with E-state index in [-0.39, 0.29) is 0 Å². The second-order valence-electron chi connectivity index (χ2n) is 6.64. The van der Waals surface area contributed by atoms with Gasteiger partial charge in [-0.3, -0.25) is 0 Å². The molecule has 0 radical (unpaired) electrons. The summed E-state index contributed by atoms with van der Waals surface area (Å²) in [4.78, 5) is 2.46. The zero-order valence-electron chi connectivity index (χ0n) is 10.5. The van der Waals surface area contributed by atoms with Crippen LogP contribution in [0.4, 0.5) is 0 Å². The Labute approximate surface area is 89.2 Å². The van der Waals surface area contributed by atoms with E-state index in [9.17, 15) is 0 Å². The van der Waals surface area contributed by atoms with Crippen molar-refractivity contribution in [2.75, 3.05) is 13.1 Å². The van der Waals surface area contributed by atoms with Crippen LogP contribution in [-0.4, -0.2) is 18.0 Å². The lowest BCUT2D eigenvalue weighted by molar-refractivity contribution is 0.300. The Hall–Kier alpha value is -0.460. The lowest BCUT2D eigenvalue weighted by Crippen LogP contribution is -2.24. The second kappa shape index (κ2) is 3.60. The highest BCUT2D eigenvalue weighted by Crippen LogP contribution is 2.34. The SMILES string of the molecule is C=C(CC(C)(C)C)N1CCC(C)(C)C1. The molecule has 0 aromatic heterocycles. The fourth-order valence-electron chi connectivity index (χ4n) is 2.11. The van der Waals surface area contributed by atoms with Gasteiger partial charge in [0.1, 0.15) is 0 Å². The van der Waals surface area contributed by atoms with Gasteiger partial charge in [-0.1, -0.05) is 41.2 Å². The quantitative estimate of drug-likeness (QED) is 0.650. The zero-order valence-corrected chi connectivity index (χ0v) is 10.5. The molecular weight excluding hydrogens is 170 g/mol. The summed E-state index contributed by atoms with van der Waals surface area (Å²) < 4.78 is 0. The molecule has 1 rings (SSSR count). The van der Waals surface area contributed by atoms with E-state index in [1.807, 2.05) is 0 Å². The molecule has 1 nitrogen and oxygen atoms in total. The molecule has 1 saturated heterocycles. The molecule has 0 aromatic rings. The van der Waals surface area contributed by atoms with Crippen molar-refractivity contribution in [3.8, 4) is 0 Å². The second-order valence-corrected chi connectivity index (χ2v) is 6.64. The third-order valence-corrected chi connectivity index (χ3v) is 2.86. The van der Waals surface area contributed by atoms with Gasteiger partial charge in [0, 0.05) is 18.8 Å². The first kappa shape index (κ1) is 11.6. The molecule has 82 valence electrons. The van der Waals surface area contributed by atoms with E-state index in [0.717, 1.165) is 6.42 Å². The third-order valence-electron chi connectivity index (χ3n) is 2.86. The van der Waals surface area contributed by atoms with E-state index in [4.69, 9.17) is 0 Å². The maximum absolute atomic E-state index is 4.21. The number of likely N-dealkylation sites (tertiary alicyclic amines) is 1. The van der Waals surface area contributed by atoms with Crippen molar-refractivity contribution in [1.82, 2.24) is 4.90 Å². The van der Waals surface area contributed by atoms with Crippen molar-refractivity contribution in [2.45, 2.75) is 47.5 Å². The molecule has 0 aromatic carbocycles. The Morgan fingerprint density at radius 3 is 2.29 bits per heavy atom. The predicted octanol–water partition coefficient (Wildman–Crippen LogP) is 3.67. The molecule has 0 bridgehead atoms. The first-order chi connectivity index (χ1) is 6.20. The van der Waals surface area contributed by atoms with Crippen LogP contribution < -0.4 is 0 Å².